The number of carbonyl (C=O) groups excluding carboxylic acids is 2. The van der Waals surface area contributed by atoms with E-state index in [9.17, 15) is 9.59 Å². The van der Waals surface area contributed by atoms with E-state index < -0.39 is 0 Å². The van der Waals surface area contributed by atoms with Crippen LogP contribution in [0.15, 0.2) is 48.5 Å². The lowest BCUT2D eigenvalue weighted by Crippen LogP contribution is -2.32. The number of rotatable bonds is 6. The van der Waals surface area contributed by atoms with Crippen LogP contribution in [0.2, 0.25) is 0 Å². The molecule has 6 nitrogen and oxygen atoms in total. The highest BCUT2D eigenvalue weighted by Crippen LogP contribution is 2.27. The van der Waals surface area contributed by atoms with E-state index in [2.05, 4.69) is 34.5 Å². The zero-order valence-corrected chi connectivity index (χ0v) is 16.8. The Kier molecular flexibility index (Phi) is 5.69. The molecule has 29 heavy (non-hydrogen) atoms. The molecule has 6 heteroatoms. The van der Waals surface area contributed by atoms with E-state index in [0.717, 1.165) is 30.1 Å². The van der Waals surface area contributed by atoms with Gasteiger partial charge in [0.05, 0.1) is 13.0 Å². The van der Waals surface area contributed by atoms with Crippen molar-refractivity contribution in [2.75, 3.05) is 36.5 Å². The Bertz CT molecular complexity index is 858. The summed E-state index contributed by atoms with van der Waals surface area (Å²) in [6.07, 6.45) is 2.75. The second-order valence-electron chi connectivity index (χ2n) is 7.68. The monoisotopic (exact) mass is 393 g/mol. The van der Waals surface area contributed by atoms with E-state index in [-0.39, 0.29) is 24.2 Å². The van der Waals surface area contributed by atoms with Gasteiger partial charge < -0.3 is 19.9 Å². The van der Waals surface area contributed by atoms with Gasteiger partial charge in [0, 0.05) is 44.0 Å². The average Bonchev–Trinajstić information content (AvgIpc) is 3.43. The van der Waals surface area contributed by atoms with E-state index in [1.807, 2.05) is 24.3 Å². The molecule has 2 aromatic rings. The van der Waals surface area contributed by atoms with Crippen LogP contribution in [0.3, 0.4) is 0 Å². The van der Waals surface area contributed by atoms with Crippen molar-refractivity contribution in [3.63, 3.8) is 0 Å². The highest BCUT2D eigenvalue weighted by molar-refractivity contribution is 6.00. The number of hydrogen-bond donors (Lipinski definition) is 1. The molecule has 152 valence electrons. The predicted molar refractivity (Wildman–Crippen MR) is 113 cm³/mol. The summed E-state index contributed by atoms with van der Waals surface area (Å²) >= 11 is 0. The Morgan fingerprint density at radius 1 is 1.03 bits per heavy atom. The molecule has 0 radical (unpaired) electrons. The van der Waals surface area contributed by atoms with Crippen LogP contribution in [0.5, 0.6) is 5.75 Å². The Hall–Kier alpha value is -3.02. The maximum absolute atomic E-state index is 12.6. The molecule has 2 amide bonds. The molecule has 2 aromatic carbocycles. The molecule has 2 fully saturated rings. The fraction of sp³-hybridized carbons (Fsp3) is 0.391. The molecule has 0 aliphatic carbocycles. The molecule has 2 aliphatic heterocycles. The van der Waals surface area contributed by atoms with Crippen molar-refractivity contribution >= 4 is 23.2 Å². The molecular formula is C23H27N3O3. The highest BCUT2D eigenvalue weighted by Gasteiger charge is 2.35. The second-order valence-corrected chi connectivity index (χ2v) is 7.68. The summed E-state index contributed by atoms with van der Waals surface area (Å²) in [4.78, 5) is 29.1. The number of nitrogens with one attached hydrogen (secondary N) is 1. The van der Waals surface area contributed by atoms with Crippen molar-refractivity contribution in [2.45, 2.75) is 25.8 Å². The summed E-state index contributed by atoms with van der Waals surface area (Å²) in [5.41, 5.74) is 3.11. The number of ether oxygens (including phenoxy) is 1. The molecule has 1 atom stereocenters. The fourth-order valence-electron chi connectivity index (χ4n) is 4.03. The number of benzene rings is 2. The average molecular weight is 393 g/mol. The summed E-state index contributed by atoms with van der Waals surface area (Å²) in [6, 6.07) is 15.7. The lowest BCUT2D eigenvalue weighted by Gasteiger charge is -2.18. The van der Waals surface area contributed by atoms with Crippen LogP contribution in [-0.2, 0) is 16.1 Å². The predicted octanol–water partition coefficient (Wildman–Crippen LogP) is 2.96. The number of nitrogens with zero attached hydrogens (tertiary/aromatic N) is 2. The quantitative estimate of drug-likeness (QED) is 0.820. The van der Waals surface area contributed by atoms with Gasteiger partial charge in [-0.05, 0) is 54.8 Å². The minimum atomic E-state index is -0.325. The Labute approximate surface area is 171 Å². The van der Waals surface area contributed by atoms with Crippen LogP contribution in [0, 0.1) is 5.92 Å². The van der Waals surface area contributed by atoms with Gasteiger partial charge in [-0.1, -0.05) is 12.1 Å². The third kappa shape index (κ3) is 4.36. The van der Waals surface area contributed by atoms with Crippen molar-refractivity contribution in [3.05, 3.63) is 54.1 Å². The molecule has 2 aliphatic rings. The normalized spacial score (nSPS) is 18.9. The minimum absolute atomic E-state index is 0.0229. The maximum atomic E-state index is 12.6. The first-order valence-electron chi connectivity index (χ1n) is 10.2. The zero-order valence-electron chi connectivity index (χ0n) is 16.8. The van der Waals surface area contributed by atoms with Crippen molar-refractivity contribution in [3.8, 4) is 5.75 Å². The molecular weight excluding hydrogens is 366 g/mol. The second kappa shape index (κ2) is 8.55. The third-order valence-corrected chi connectivity index (χ3v) is 5.75. The van der Waals surface area contributed by atoms with Crippen LogP contribution in [0.25, 0.3) is 0 Å². The van der Waals surface area contributed by atoms with Gasteiger partial charge in [-0.2, -0.15) is 0 Å². The van der Waals surface area contributed by atoms with Gasteiger partial charge in [0.25, 0.3) is 0 Å². The van der Waals surface area contributed by atoms with Crippen LogP contribution < -0.4 is 19.9 Å². The van der Waals surface area contributed by atoms with Gasteiger partial charge in [-0.3, -0.25) is 9.59 Å². The summed E-state index contributed by atoms with van der Waals surface area (Å²) < 4.78 is 5.16. The number of anilines is 2. The first kappa shape index (κ1) is 19.3. The summed E-state index contributed by atoms with van der Waals surface area (Å²) in [7, 11) is 1.61. The maximum Gasteiger partial charge on any atom is 0.227 e. The Morgan fingerprint density at radius 3 is 2.34 bits per heavy atom. The van der Waals surface area contributed by atoms with Crippen LogP contribution >= 0.6 is 0 Å². The molecule has 1 N–H and O–H groups in total. The van der Waals surface area contributed by atoms with E-state index in [0.29, 0.717) is 13.1 Å². The number of carbonyl (C=O) groups is 2. The SMILES string of the molecule is COc1ccc(N2CC(C(=O)NCc3ccc(N4CCCC4)cc3)CC2=O)cc1. The summed E-state index contributed by atoms with van der Waals surface area (Å²) in [5.74, 6) is 0.321. The van der Waals surface area contributed by atoms with Gasteiger partial charge in [0.2, 0.25) is 11.8 Å². The molecule has 2 saturated heterocycles. The largest absolute Gasteiger partial charge is 0.497 e. The fourth-order valence-corrected chi connectivity index (χ4v) is 4.03. The van der Waals surface area contributed by atoms with E-state index in [1.165, 1.54) is 18.5 Å². The van der Waals surface area contributed by atoms with Crippen molar-refractivity contribution in [1.29, 1.82) is 0 Å². The van der Waals surface area contributed by atoms with Gasteiger partial charge >= 0.3 is 0 Å². The smallest absolute Gasteiger partial charge is 0.227 e. The van der Waals surface area contributed by atoms with Crippen LogP contribution in [0.1, 0.15) is 24.8 Å². The third-order valence-electron chi connectivity index (χ3n) is 5.75. The standard InChI is InChI=1S/C23H27N3O3/c1-29-21-10-8-20(9-11-21)26-16-18(14-22(26)27)23(28)24-15-17-4-6-19(7-5-17)25-12-2-3-13-25/h4-11,18H,2-3,12-16H2,1H3,(H,24,28). The number of methoxy groups -OCH3 is 1. The van der Waals surface area contributed by atoms with Gasteiger partial charge in [0.1, 0.15) is 5.75 Å². The molecule has 4 rings (SSSR count). The van der Waals surface area contributed by atoms with E-state index in [4.69, 9.17) is 4.74 Å². The van der Waals surface area contributed by atoms with Crippen molar-refractivity contribution in [2.24, 2.45) is 5.92 Å². The number of amides is 2. The van der Waals surface area contributed by atoms with E-state index >= 15 is 0 Å². The topological polar surface area (TPSA) is 61.9 Å². The molecule has 0 saturated carbocycles. The minimum Gasteiger partial charge on any atom is -0.497 e. The Morgan fingerprint density at radius 2 is 1.69 bits per heavy atom. The van der Waals surface area contributed by atoms with Gasteiger partial charge in [-0.15, -0.1) is 0 Å². The van der Waals surface area contributed by atoms with Crippen LogP contribution in [0.4, 0.5) is 11.4 Å². The lowest BCUT2D eigenvalue weighted by atomic mass is 10.1. The first-order valence-corrected chi connectivity index (χ1v) is 10.2. The molecule has 1 unspecified atom stereocenters. The van der Waals surface area contributed by atoms with Crippen molar-refractivity contribution in [1.82, 2.24) is 5.32 Å². The first-order chi connectivity index (χ1) is 14.1. The molecule has 0 bridgehead atoms. The van der Waals surface area contributed by atoms with Gasteiger partial charge in [0.15, 0.2) is 0 Å². The van der Waals surface area contributed by atoms with E-state index in [1.54, 1.807) is 12.0 Å². The Balaban J connectivity index is 1.31. The molecule has 0 aromatic heterocycles. The summed E-state index contributed by atoms with van der Waals surface area (Å²) in [6.45, 7) is 3.13. The van der Waals surface area contributed by atoms with Gasteiger partial charge in [-0.25, -0.2) is 0 Å². The lowest BCUT2D eigenvalue weighted by molar-refractivity contribution is -0.126. The van der Waals surface area contributed by atoms with Crippen molar-refractivity contribution < 1.29 is 14.3 Å². The molecule has 2 heterocycles. The summed E-state index contributed by atoms with van der Waals surface area (Å²) in [5, 5.41) is 2.99. The van der Waals surface area contributed by atoms with Crippen LogP contribution in [-0.4, -0.2) is 38.6 Å². The highest BCUT2D eigenvalue weighted by atomic mass is 16.5. The zero-order chi connectivity index (χ0) is 20.2. The number of hydrogen-bond acceptors (Lipinski definition) is 4. The molecule has 0 spiro atoms.